The summed E-state index contributed by atoms with van der Waals surface area (Å²) < 4.78 is 105. The number of nitrogens with two attached hydrogens (primary N) is 4. The number of methoxy groups -OCH3 is 1. The summed E-state index contributed by atoms with van der Waals surface area (Å²) in [5.74, 6) is -2.01. The molecule has 0 aliphatic carbocycles. The monoisotopic (exact) mass is 1190 g/mol. The Balaban J connectivity index is 0.893. The van der Waals surface area contributed by atoms with Crippen molar-refractivity contribution in [2.75, 3.05) is 50.7 Å². The summed E-state index contributed by atoms with van der Waals surface area (Å²) in [6.07, 6.45) is -12.2. The van der Waals surface area contributed by atoms with E-state index in [0.29, 0.717) is 0 Å². The number of H-pyrrole nitrogens is 2. The van der Waals surface area contributed by atoms with Gasteiger partial charge in [-0.05, 0) is 0 Å². The Hall–Kier alpha value is -5.80. The van der Waals surface area contributed by atoms with Gasteiger partial charge in [-0.2, -0.15) is 23.2 Å². The highest BCUT2D eigenvalue weighted by molar-refractivity contribution is 7.66. The fourth-order valence-corrected chi connectivity index (χ4v) is 14.3. The average Bonchev–Trinajstić information content (AvgIpc) is 4.41. The molecular formula is C34H47N17O23P4. The molecule has 0 bridgehead atoms. The lowest BCUT2D eigenvalue weighted by atomic mass is 9.98. The first-order valence-electron chi connectivity index (χ1n) is 22.2. The van der Waals surface area contributed by atoms with Crippen LogP contribution in [0.4, 0.5) is 22.5 Å². The fourth-order valence-electron chi connectivity index (χ4n) is 9.03. The van der Waals surface area contributed by atoms with E-state index >= 15 is 0 Å². The molecule has 2 amide bonds. The number of anilines is 3. The zero-order valence-electron chi connectivity index (χ0n) is 39.8. The van der Waals surface area contributed by atoms with Crippen molar-refractivity contribution in [3.05, 3.63) is 46.0 Å². The lowest BCUT2D eigenvalue weighted by Crippen LogP contribution is -2.41. The average molecular weight is 1190 g/mol. The molecule has 6 aromatic rings. The zero-order valence-corrected chi connectivity index (χ0v) is 43.3. The number of aromatic amines is 2. The van der Waals surface area contributed by atoms with Gasteiger partial charge in [0.2, 0.25) is 24.5 Å². The van der Waals surface area contributed by atoms with Gasteiger partial charge in [0.25, 0.3) is 16.7 Å². The summed E-state index contributed by atoms with van der Waals surface area (Å²) in [5, 5.41) is 35.5. The van der Waals surface area contributed by atoms with Gasteiger partial charge in [-0.15, -0.1) is 0 Å². The first kappa shape index (κ1) is 56.9. The zero-order chi connectivity index (χ0) is 56.6. The number of aliphatic hydroxyl groups is 3. The number of phosphoric acid groups is 3. The number of fused-ring (bicyclic) bond motifs is 3. The molecule has 0 saturated carbocycles. The standard InChI is InChI=1S/C34H47N17O23P4/c1-48-10-51(26-17(48)28(56)47-33(37)45-26)29-18(52)11(3-39-34(38)57)12(70-29)4-68-76(60,61)73-78(64,65)74-77(62,63)69-6-14-22(21(66-2)31(72-14)49-8-42-15-23(35)40-7-41-24(15)49)75(58,59)67-5-13-19(53)20(54)30(71-13)50-9-43-16-25(50)44-32(36)46-27(16)55/h7-14,18-22,29-31,52-54H,3-6H2,1-2H3,(H14-,35,36,37,38,39,40,41,44,45,46,47,55,56,57,58,59,60,61,62,63,64,65)/t11-,12-,13-,14-,18-,19-,20-,21-,22-,29-,30-,31-/m1/s1. The van der Waals surface area contributed by atoms with Gasteiger partial charge >= 0.3 is 35.1 Å². The van der Waals surface area contributed by atoms with E-state index in [1.807, 2.05) is 0 Å². The molecule has 3 aliphatic rings. The van der Waals surface area contributed by atoms with Crippen LogP contribution in [-0.2, 0) is 66.4 Å². The molecule has 0 radical (unpaired) electrons. The van der Waals surface area contributed by atoms with Crippen molar-refractivity contribution in [2.24, 2.45) is 18.7 Å². The molecule has 16 atom stereocenters. The van der Waals surface area contributed by atoms with Crippen LogP contribution in [0.25, 0.3) is 33.5 Å². The molecule has 3 fully saturated rings. The maximum Gasteiger partial charge on any atom is 0.490 e. The number of nitrogen functional groups attached to an aromatic ring is 3. The van der Waals surface area contributed by atoms with Gasteiger partial charge in [0.15, 0.2) is 35.1 Å². The lowest BCUT2D eigenvalue weighted by Gasteiger charge is -2.35. The molecular weight excluding hydrogens is 1140 g/mol. The van der Waals surface area contributed by atoms with E-state index < -0.39 is 148 Å². The number of phosphoric ester groups is 2. The van der Waals surface area contributed by atoms with E-state index in [1.165, 1.54) is 22.5 Å². The first-order chi connectivity index (χ1) is 36.6. The Morgan fingerprint density at radius 2 is 1.31 bits per heavy atom. The van der Waals surface area contributed by atoms with Gasteiger partial charge in [-0.25, -0.2) is 43.0 Å². The van der Waals surface area contributed by atoms with Crippen LogP contribution in [0.2, 0.25) is 0 Å². The van der Waals surface area contributed by atoms with E-state index in [-0.39, 0.29) is 51.2 Å². The number of ether oxygens (including phenoxy) is 4. The summed E-state index contributed by atoms with van der Waals surface area (Å²) in [6.45, 7) is -3.95. The number of hydrogen-bond acceptors (Lipinski definition) is 29. The highest BCUT2D eigenvalue weighted by atomic mass is 31.3. The number of aromatic nitrogens is 12. The van der Waals surface area contributed by atoms with Gasteiger partial charge in [0.1, 0.15) is 50.0 Å². The predicted octanol–water partition coefficient (Wildman–Crippen LogP) is -5.35. The van der Waals surface area contributed by atoms with Crippen LogP contribution in [0.5, 0.6) is 0 Å². The Bertz CT molecular complexity index is 3600. The highest BCUT2D eigenvalue weighted by Crippen LogP contribution is 2.68. The predicted molar refractivity (Wildman–Crippen MR) is 251 cm³/mol. The molecule has 3 aliphatic heterocycles. The van der Waals surface area contributed by atoms with Crippen molar-refractivity contribution >= 4 is 88.3 Å². The topological polar surface area (TPSA) is 591 Å². The molecule has 0 aromatic carbocycles. The maximum atomic E-state index is 14.3. The molecule has 3 saturated heterocycles. The number of carbonyl (C=O) groups excluding carboxylic acids is 1. The van der Waals surface area contributed by atoms with Crippen LogP contribution in [0.1, 0.15) is 18.7 Å². The SMILES string of the molecule is CO[C@@H]1[C@H](P(=O)([O-])OC[C@H]2O[C@@H](n3cnc4c(=O)[nH]c(N)nc43)[C@H](O)[C@@H]2O)[C@@H](COP(=O)(O)OP(=O)(O)OP(=O)(O)OC[C@H]2O[C@@H](n3c[n+](C)c4c(=O)[nH]c(N)nc43)[C@H](O)[C@@H]2CNC(N)=O)O[C@H]1n1cnc2c(N)ncnc21. The number of aliphatic hydroxyl groups excluding tert-OH is 3. The van der Waals surface area contributed by atoms with Crippen molar-refractivity contribution < 1.29 is 104 Å². The number of urea groups is 1. The molecule has 4 unspecified atom stereocenters. The Kier molecular flexibility index (Phi) is 15.6. The largest absolute Gasteiger partial charge is 0.778 e. The van der Waals surface area contributed by atoms with Crippen LogP contribution in [0.3, 0.4) is 0 Å². The summed E-state index contributed by atoms with van der Waals surface area (Å²) >= 11 is 0. The van der Waals surface area contributed by atoms with Crippen molar-refractivity contribution in [3.63, 3.8) is 0 Å². The number of nitrogens with one attached hydrogen (secondary N) is 3. The van der Waals surface area contributed by atoms with E-state index in [4.69, 9.17) is 55.5 Å². The second-order valence-corrected chi connectivity index (χ2v) is 23.9. The lowest BCUT2D eigenvalue weighted by molar-refractivity contribution is -0.646. The number of rotatable bonds is 20. The number of carbonyl (C=O) groups is 1. The van der Waals surface area contributed by atoms with Gasteiger partial charge in [0.05, 0.1) is 57.4 Å². The Morgan fingerprint density at radius 1 is 0.744 bits per heavy atom. The summed E-state index contributed by atoms with van der Waals surface area (Å²) in [4.78, 5) is 111. The summed E-state index contributed by atoms with van der Waals surface area (Å²) in [7, 11) is -21.3. The maximum absolute atomic E-state index is 14.3. The molecule has 44 heteroatoms. The van der Waals surface area contributed by atoms with Gasteiger partial charge < -0.3 is 91.2 Å². The minimum absolute atomic E-state index is 0.0132. The quantitative estimate of drug-likeness (QED) is 0.0251. The molecule has 40 nitrogen and oxygen atoms in total. The van der Waals surface area contributed by atoms with Crippen LogP contribution < -0.4 is 48.8 Å². The molecule has 426 valence electrons. The van der Waals surface area contributed by atoms with Crippen molar-refractivity contribution in [2.45, 2.75) is 67.1 Å². The first-order valence-corrected chi connectivity index (χ1v) is 28.3. The summed E-state index contributed by atoms with van der Waals surface area (Å²) in [5.41, 5.74) is 18.5. The normalized spacial score (nSPS) is 29.7. The third-order valence-corrected chi connectivity index (χ3v) is 18.5. The number of aryl methyl sites for hydroxylation is 1. The Labute approximate surface area is 432 Å². The van der Waals surface area contributed by atoms with Crippen LogP contribution in [0.15, 0.2) is 34.9 Å². The van der Waals surface area contributed by atoms with E-state index in [0.717, 1.165) is 35.2 Å². The smallest absolute Gasteiger partial charge is 0.490 e. The molecule has 9 rings (SSSR count). The van der Waals surface area contributed by atoms with Crippen LogP contribution >= 0.6 is 31.1 Å². The van der Waals surface area contributed by atoms with E-state index in [2.05, 4.69) is 53.8 Å². The van der Waals surface area contributed by atoms with Gasteiger partial charge in [-0.3, -0.25) is 37.7 Å². The molecule has 6 aromatic heterocycles. The second-order valence-electron chi connectivity index (χ2n) is 17.4. The number of amides is 2. The summed E-state index contributed by atoms with van der Waals surface area (Å²) in [6, 6.07) is -1.07. The minimum atomic E-state index is -6.27. The minimum Gasteiger partial charge on any atom is -0.778 e. The van der Waals surface area contributed by atoms with Crippen molar-refractivity contribution in [3.8, 4) is 0 Å². The fraction of sp³-hybridized carbons (Fsp3) is 0.529. The number of imidazole rings is 3. The number of nitrogens with zero attached hydrogens (tertiary/aromatic N) is 10. The third-order valence-electron chi connectivity index (χ3n) is 12.4. The molecule has 9 heterocycles. The Morgan fingerprint density at radius 3 is 1.96 bits per heavy atom. The van der Waals surface area contributed by atoms with E-state index in [1.54, 1.807) is 0 Å². The van der Waals surface area contributed by atoms with Crippen LogP contribution in [0, 0.1) is 5.92 Å². The van der Waals surface area contributed by atoms with Crippen LogP contribution in [-0.4, -0.2) is 171 Å². The van der Waals surface area contributed by atoms with Crippen molar-refractivity contribution in [1.82, 2.24) is 58.9 Å². The van der Waals surface area contributed by atoms with Gasteiger partial charge in [-0.1, -0.05) is 0 Å². The third kappa shape index (κ3) is 11.2. The highest BCUT2D eigenvalue weighted by Gasteiger charge is 2.55. The molecule has 78 heavy (non-hydrogen) atoms. The molecule has 17 N–H and O–H groups in total. The van der Waals surface area contributed by atoms with Gasteiger partial charge in [0, 0.05) is 19.6 Å². The molecule has 0 spiro atoms. The number of hydrogen-bond donors (Lipinski definition) is 13. The van der Waals surface area contributed by atoms with Crippen molar-refractivity contribution in [1.29, 1.82) is 0 Å². The number of primary amides is 1. The van der Waals surface area contributed by atoms with E-state index in [9.17, 15) is 67.5 Å². The second kappa shape index (κ2) is 21.3.